The van der Waals surface area contributed by atoms with E-state index in [0.29, 0.717) is 17.4 Å². The third-order valence-electron chi connectivity index (χ3n) is 4.87. The number of nitrogens with one attached hydrogen (secondary N) is 1. The maximum Gasteiger partial charge on any atom is 0.137 e. The molecule has 1 fully saturated rings. The molecule has 1 heterocycles. The molecule has 118 valence electrons. The van der Waals surface area contributed by atoms with Crippen LogP contribution in [0.1, 0.15) is 64.9 Å². The lowest BCUT2D eigenvalue weighted by Crippen LogP contribution is -2.38. The molecule has 1 aliphatic carbocycles. The van der Waals surface area contributed by atoms with Crippen molar-refractivity contribution >= 4 is 11.6 Å². The Kier molecular flexibility index (Phi) is 4.74. The van der Waals surface area contributed by atoms with E-state index in [2.05, 4.69) is 54.9 Å². The smallest absolute Gasteiger partial charge is 0.137 e. The number of hydrogen-bond donors (Lipinski definition) is 1. The van der Waals surface area contributed by atoms with Crippen molar-refractivity contribution in [3.8, 4) is 0 Å². The van der Waals surface area contributed by atoms with Gasteiger partial charge in [0, 0.05) is 25.7 Å². The van der Waals surface area contributed by atoms with E-state index < -0.39 is 0 Å². The SMILES string of the molecule is CNc1ncnc(N(C)C2CCC(C)(C)CC2)c1C(C)C. The molecule has 0 aliphatic heterocycles. The zero-order valence-electron chi connectivity index (χ0n) is 14.4. The van der Waals surface area contributed by atoms with Gasteiger partial charge in [-0.25, -0.2) is 9.97 Å². The molecule has 1 saturated carbocycles. The van der Waals surface area contributed by atoms with Crippen molar-refractivity contribution in [1.82, 2.24) is 9.97 Å². The lowest BCUT2D eigenvalue weighted by atomic mass is 9.75. The van der Waals surface area contributed by atoms with Crippen molar-refractivity contribution in [2.75, 3.05) is 24.3 Å². The monoisotopic (exact) mass is 290 g/mol. The van der Waals surface area contributed by atoms with Gasteiger partial charge in [0.25, 0.3) is 0 Å². The Bertz CT molecular complexity index is 472. The summed E-state index contributed by atoms with van der Waals surface area (Å²) in [6.07, 6.45) is 6.77. The Morgan fingerprint density at radius 2 is 1.86 bits per heavy atom. The predicted octanol–water partition coefficient (Wildman–Crippen LogP) is 4.05. The fraction of sp³-hybridized carbons (Fsp3) is 0.765. The third-order valence-corrected chi connectivity index (χ3v) is 4.87. The Hall–Kier alpha value is -1.32. The van der Waals surface area contributed by atoms with Crippen molar-refractivity contribution in [2.24, 2.45) is 5.41 Å². The molecule has 21 heavy (non-hydrogen) atoms. The largest absolute Gasteiger partial charge is 0.373 e. The quantitative estimate of drug-likeness (QED) is 0.908. The zero-order chi connectivity index (χ0) is 15.6. The Morgan fingerprint density at radius 1 is 1.24 bits per heavy atom. The molecule has 0 atom stereocenters. The summed E-state index contributed by atoms with van der Waals surface area (Å²) in [6, 6.07) is 0.593. The molecule has 1 aliphatic rings. The van der Waals surface area contributed by atoms with Gasteiger partial charge in [0.1, 0.15) is 18.0 Å². The van der Waals surface area contributed by atoms with E-state index in [4.69, 9.17) is 0 Å². The van der Waals surface area contributed by atoms with Crippen LogP contribution in [-0.2, 0) is 0 Å². The van der Waals surface area contributed by atoms with Gasteiger partial charge >= 0.3 is 0 Å². The van der Waals surface area contributed by atoms with Crippen LogP contribution in [0.4, 0.5) is 11.6 Å². The standard InChI is InChI=1S/C17H30N4/c1-12(2)14-15(18-5)19-11-20-16(14)21(6)13-7-9-17(3,4)10-8-13/h11-13H,7-10H2,1-6H3,(H,18,19,20). The maximum atomic E-state index is 4.59. The van der Waals surface area contributed by atoms with E-state index in [9.17, 15) is 0 Å². The van der Waals surface area contributed by atoms with E-state index in [-0.39, 0.29) is 0 Å². The summed E-state index contributed by atoms with van der Waals surface area (Å²) in [5.41, 5.74) is 1.73. The van der Waals surface area contributed by atoms with E-state index in [0.717, 1.165) is 11.6 Å². The third kappa shape index (κ3) is 3.47. The van der Waals surface area contributed by atoms with Gasteiger partial charge in [-0.3, -0.25) is 0 Å². The first kappa shape index (κ1) is 16.1. The molecular formula is C17H30N4. The summed E-state index contributed by atoms with van der Waals surface area (Å²) in [5.74, 6) is 2.46. The lowest BCUT2D eigenvalue weighted by Gasteiger charge is -2.39. The first-order valence-corrected chi connectivity index (χ1v) is 8.11. The predicted molar refractivity (Wildman–Crippen MR) is 90.1 cm³/mol. The molecule has 0 unspecified atom stereocenters. The number of rotatable bonds is 4. The highest BCUT2D eigenvalue weighted by molar-refractivity contribution is 5.60. The molecule has 0 saturated heterocycles. The van der Waals surface area contributed by atoms with Crippen LogP contribution >= 0.6 is 0 Å². The van der Waals surface area contributed by atoms with Crippen molar-refractivity contribution in [3.05, 3.63) is 11.9 Å². The second-order valence-electron chi connectivity index (χ2n) is 7.37. The van der Waals surface area contributed by atoms with Crippen LogP contribution in [-0.4, -0.2) is 30.1 Å². The fourth-order valence-electron chi connectivity index (χ4n) is 3.34. The highest BCUT2D eigenvalue weighted by atomic mass is 15.2. The second kappa shape index (κ2) is 6.20. The number of anilines is 2. The molecule has 0 aromatic carbocycles. The van der Waals surface area contributed by atoms with Crippen LogP contribution in [0.25, 0.3) is 0 Å². The summed E-state index contributed by atoms with van der Waals surface area (Å²) in [6.45, 7) is 9.18. The Balaban J connectivity index is 2.25. The minimum absolute atomic E-state index is 0.408. The van der Waals surface area contributed by atoms with Crippen molar-refractivity contribution in [3.63, 3.8) is 0 Å². The first-order chi connectivity index (χ1) is 9.85. The minimum atomic E-state index is 0.408. The van der Waals surface area contributed by atoms with Crippen LogP contribution in [0.3, 0.4) is 0 Å². The molecule has 4 heteroatoms. The van der Waals surface area contributed by atoms with E-state index in [1.807, 2.05) is 7.05 Å². The molecule has 1 aromatic heterocycles. The molecule has 1 aromatic rings. The topological polar surface area (TPSA) is 41.1 Å². The summed E-state index contributed by atoms with van der Waals surface area (Å²) in [5, 5.41) is 3.21. The average molecular weight is 290 g/mol. The molecule has 4 nitrogen and oxygen atoms in total. The van der Waals surface area contributed by atoms with E-state index >= 15 is 0 Å². The normalized spacial score (nSPS) is 18.8. The van der Waals surface area contributed by atoms with Crippen LogP contribution < -0.4 is 10.2 Å². The molecule has 2 rings (SSSR count). The van der Waals surface area contributed by atoms with Crippen molar-refractivity contribution < 1.29 is 0 Å². The lowest BCUT2D eigenvalue weighted by molar-refractivity contribution is 0.222. The number of aromatic nitrogens is 2. The van der Waals surface area contributed by atoms with Gasteiger partial charge in [-0.1, -0.05) is 27.7 Å². The van der Waals surface area contributed by atoms with E-state index in [1.54, 1.807) is 6.33 Å². The van der Waals surface area contributed by atoms with Crippen LogP contribution in [0, 0.1) is 5.41 Å². The van der Waals surface area contributed by atoms with Gasteiger partial charge < -0.3 is 10.2 Å². The molecule has 0 amide bonds. The van der Waals surface area contributed by atoms with Crippen LogP contribution in [0.5, 0.6) is 0 Å². The summed E-state index contributed by atoms with van der Waals surface area (Å²) in [4.78, 5) is 11.4. The van der Waals surface area contributed by atoms with Crippen LogP contribution in [0.15, 0.2) is 6.33 Å². The average Bonchev–Trinajstić information content (AvgIpc) is 2.45. The maximum absolute atomic E-state index is 4.59. The van der Waals surface area contributed by atoms with Gasteiger partial charge in [-0.2, -0.15) is 0 Å². The number of hydrogen-bond acceptors (Lipinski definition) is 4. The molecule has 0 radical (unpaired) electrons. The van der Waals surface area contributed by atoms with E-state index in [1.165, 1.54) is 31.2 Å². The van der Waals surface area contributed by atoms with Crippen LogP contribution in [0.2, 0.25) is 0 Å². The van der Waals surface area contributed by atoms with Crippen molar-refractivity contribution in [1.29, 1.82) is 0 Å². The summed E-state index contributed by atoms with van der Waals surface area (Å²) in [7, 11) is 4.12. The van der Waals surface area contributed by atoms with Gasteiger partial charge in [-0.05, 0) is 37.0 Å². The molecule has 0 spiro atoms. The van der Waals surface area contributed by atoms with Crippen molar-refractivity contribution in [2.45, 2.75) is 65.3 Å². The highest BCUT2D eigenvalue weighted by Crippen LogP contribution is 2.39. The molecule has 0 bridgehead atoms. The molecule has 1 N–H and O–H groups in total. The van der Waals surface area contributed by atoms with Gasteiger partial charge in [0.2, 0.25) is 0 Å². The first-order valence-electron chi connectivity index (χ1n) is 8.11. The fourth-order valence-corrected chi connectivity index (χ4v) is 3.34. The van der Waals surface area contributed by atoms with Gasteiger partial charge in [-0.15, -0.1) is 0 Å². The van der Waals surface area contributed by atoms with Gasteiger partial charge in [0.05, 0.1) is 0 Å². The Morgan fingerprint density at radius 3 is 2.38 bits per heavy atom. The second-order valence-corrected chi connectivity index (χ2v) is 7.37. The minimum Gasteiger partial charge on any atom is -0.373 e. The summed E-state index contributed by atoms with van der Waals surface area (Å²) < 4.78 is 0. The van der Waals surface area contributed by atoms with Gasteiger partial charge in [0.15, 0.2) is 0 Å². The zero-order valence-corrected chi connectivity index (χ0v) is 14.4. The number of nitrogens with zero attached hydrogens (tertiary/aromatic N) is 3. The Labute approximate surface area is 129 Å². The highest BCUT2D eigenvalue weighted by Gasteiger charge is 2.30. The summed E-state index contributed by atoms with van der Waals surface area (Å²) >= 11 is 0. The molecular weight excluding hydrogens is 260 g/mol.